The molecule has 32 heavy (non-hydrogen) atoms. The van der Waals surface area contributed by atoms with Gasteiger partial charge >= 0.3 is 0 Å². The van der Waals surface area contributed by atoms with Crippen molar-refractivity contribution < 1.29 is 21.6 Å². The molecular weight excluding hydrogens is 452 g/mol. The van der Waals surface area contributed by atoms with Crippen molar-refractivity contribution in [3.63, 3.8) is 0 Å². The minimum Gasteiger partial charge on any atom is -0.268 e. The molecule has 2 aromatic carbocycles. The molecule has 0 radical (unpaired) electrons. The normalized spacial score (nSPS) is 15.0. The van der Waals surface area contributed by atoms with Crippen molar-refractivity contribution in [3.05, 3.63) is 72.1 Å². The Labute approximate surface area is 186 Å². The summed E-state index contributed by atoms with van der Waals surface area (Å²) in [5.74, 6) is -0.790. The lowest BCUT2D eigenvalue weighted by atomic mass is 10.2. The summed E-state index contributed by atoms with van der Waals surface area (Å²) in [4.78, 5) is 12.3. The van der Waals surface area contributed by atoms with Crippen LogP contribution < -0.4 is 4.72 Å². The van der Waals surface area contributed by atoms with E-state index < -0.39 is 26.0 Å². The van der Waals surface area contributed by atoms with E-state index in [1.807, 2.05) is 17.7 Å². The molecule has 1 aliphatic heterocycles. The van der Waals surface area contributed by atoms with Crippen molar-refractivity contribution in [2.75, 3.05) is 13.1 Å². The Hall–Kier alpha value is -3.02. The lowest BCUT2D eigenvalue weighted by Gasteiger charge is -2.15. The van der Waals surface area contributed by atoms with Crippen molar-refractivity contribution in [3.8, 4) is 5.69 Å². The molecule has 2 heterocycles. The highest BCUT2D eigenvalue weighted by Gasteiger charge is 2.28. The lowest BCUT2D eigenvalue weighted by molar-refractivity contribution is 0.0981. The summed E-state index contributed by atoms with van der Waals surface area (Å²) < 4.78 is 55.5. The van der Waals surface area contributed by atoms with Gasteiger partial charge in [0.05, 0.1) is 21.2 Å². The van der Waals surface area contributed by atoms with E-state index in [-0.39, 0.29) is 15.4 Å². The van der Waals surface area contributed by atoms with Gasteiger partial charge in [-0.1, -0.05) is 0 Å². The van der Waals surface area contributed by atoms with Crippen molar-refractivity contribution in [1.29, 1.82) is 0 Å². The number of sulfonamides is 2. The molecule has 1 aromatic heterocycles. The monoisotopic (exact) mass is 474 g/mol. The van der Waals surface area contributed by atoms with Gasteiger partial charge < -0.3 is 0 Å². The van der Waals surface area contributed by atoms with Crippen LogP contribution in [0.15, 0.2) is 70.6 Å². The molecule has 0 bridgehead atoms. The van der Waals surface area contributed by atoms with Crippen molar-refractivity contribution in [2.45, 2.75) is 29.6 Å². The van der Waals surface area contributed by atoms with Crippen molar-refractivity contribution in [1.82, 2.24) is 18.8 Å². The molecule has 0 atom stereocenters. The molecule has 168 valence electrons. The fourth-order valence-corrected chi connectivity index (χ4v) is 5.92. The summed E-state index contributed by atoms with van der Waals surface area (Å²) in [6.45, 7) is 2.77. The zero-order valence-electron chi connectivity index (χ0n) is 17.3. The van der Waals surface area contributed by atoms with Gasteiger partial charge in [-0.25, -0.2) is 26.2 Å². The standard InChI is InChI=1S/C21H22N4O5S2/c1-16-12-15-25(22-16)18-6-4-17(5-7-18)21(26)23-31(27,28)19-8-10-20(11-9-19)32(29,30)24-13-2-3-14-24/h4-12,15H,2-3,13-14H2,1H3,(H,23,26). The molecule has 1 fully saturated rings. The van der Waals surface area contributed by atoms with Crippen LogP contribution in [-0.2, 0) is 20.0 Å². The average molecular weight is 475 g/mol. The van der Waals surface area contributed by atoms with Gasteiger partial charge in [0.15, 0.2) is 0 Å². The highest BCUT2D eigenvalue weighted by molar-refractivity contribution is 7.90. The Morgan fingerprint density at radius 3 is 2.03 bits per heavy atom. The van der Waals surface area contributed by atoms with Gasteiger partial charge in [-0.05, 0) is 74.4 Å². The fourth-order valence-electron chi connectivity index (χ4n) is 3.43. The molecular formula is C21H22N4O5S2. The van der Waals surface area contributed by atoms with Crippen LogP contribution >= 0.6 is 0 Å². The van der Waals surface area contributed by atoms with Crippen LogP contribution in [0.4, 0.5) is 0 Å². The quantitative estimate of drug-likeness (QED) is 0.584. The summed E-state index contributed by atoms with van der Waals surface area (Å²) in [5, 5.41) is 4.28. The minimum absolute atomic E-state index is 0.0223. The predicted molar refractivity (Wildman–Crippen MR) is 117 cm³/mol. The molecule has 1 saturated heterocycles. The third kappa shape index (κ3) is 4.45. The van der Waals surface area contributed by atoms with E-state index in [4.69, 9.17) is 0 Å². The summed E-state index contributed by atoms with van der Waals surface area (Å²) in [6, 6.07) is 13.0. The maximum Gasteiger partial charge on any atom is 0.264 e. The molecule has 9 nitrogen and oxygen atoms in total. The molecule has 0 unspecified atom stereocenters. The number of nitrogens with one attached hydrogen (secondary N) is 1. The summed E-state index contributed by atoms with van der Waals surface area (Å²) >= 11 is 0. The Morgan fingerprint density at radius 1 is 0.875 bits per heavy atom. The largest absolute Gasteiger partial charge is 0.268 e. The van der Waals surface area contributed by atoms with E-state index in [9.17, 15) is 21.6 Å². The molecule has 1 aliphatic rings. The number of amides is 1. The van der Waals surface area contributed by atoms with E-state index in [1.165, 1.54) is 40.7 Å². The maximum atomic E-state index is 12.6. The highest BCUT2D eigenvalue weighted by atomic mass is 32.2. The summed E-state index contributed by atoms with van der Waals surface area (Å²) in [7, 11) is -7.82. The molecule has 0 saturated carbocycles. The van der Waals surface area contributed by atoms with E-state index in [0.717, 1.165) is 24.2 Å². The zero-order valence-corrected chi connectivity index (χ0v) is 18.9. The van der Waals surface area contributed by atoms with Crippen LogP contribution in [-0.4, -0.2) is 49.9 Å². The Bertz CT molecular complexity index is 1340. The van der Waals surface area contributed by atoms with Crippen LogP contribution in [0, 0.1) is 6.92 Å². The molecule has 1 amide bonds. The van der Waals surface area contributed by atoms with Gasteiger partial charge in [-0.3, -0.25) is 4.79 Å². The van der Waals surface area contributed by atoms with Crippen LogP contribution in [0.5, 0.6) is 0 Å². The van der Waals surface area contributed by atoms with Crippen LogP contribution in [0.1, 0.15) is 28.9 Å². The van der Waals surface area contributed by atoms with Crippen LogP contribution in [0.2, 0.25) is 0 Å². The average Bonchev–Trinajstić information content (AvgIpc) is 3.46. The van der Waals surface area contributed by atoms with Gasteiger partial charge in [-0.2, -0.15) is 9.40 Å². The first-order valence-electron chi connectivity index (χ1n) is 9.97. The summed E-state index contributed by atoms with van der Waals surface area (Å²) in [5.41, 5.74) is 1.74. The lowest BCUT2D eigenvalue weighted by Crippen LogP contribution is -2.31. The number of benzene rings is 2. The molecule has 0 aliphatic carbocycles. The first-order valence-corrected chi connectivity index (χ1v) is 12.9. The third-order valence-corrected chi connectivity index (χ3v) is 8.44. The van der Waals surface area contributed by atoms with Gasteiger partial charge in [0.1, 0.15) is 0 Å². The number of rotatable bonds is 6. The van der Waals surface area contributed by atoms with Crippen LogP contribution in [0.3, 0.4) is 0 Å². The number of hydrogen-bond donors (Lipinski definition) is 1. The van der Waals surface area contributed by atoms with Gasteiger partial charge in [-0.15, -0.1) is 0 Å². The SMILES string of the molecule is Cc1ccn(-c2ccc(C(=O)NS(=O)(=O)c3ccc(S(=O)(=O)N4CCCC4)cc3)cc2)n1. The first kappa shape index (κ1) is 22.2. The molecule has 0 spiro atoms. The Kier molecular flexibility index (Phi) is 5.89. The van der Waals surface area contributed by atoms with Crippen LogP contribution in [0.25, 0.3) is 5.69 Å². The number of aromatic nitrogens is 2. The fraction of sp³-hybridized carbons (Fsp3) is 0.238. The van der Waals surface area contributed by atoms with Crippen molar-refractivity contribution >= 4 is 26.0 Å². The topological polar surface area (TPSA) is 118 Å². The third-order valence-electron chi connectivity index (χ3n) is 5.18. The summed E-state index contributed by atoms with van der Waals surface area (Å²) in [6.07, 6.45) is 3.39. The zero-order chi connectivity index (χ0) is 22.9. The van der Waals surface area contributed by atoms with Gasteiger partial charge in [0.2, 0.25) is 10.0 Å². The molecule has 4 rings (SSSR count). The van der Waals surface area contributed by atoms with Gasteiger partial charge in [0.25, 0.3) is 15.9 Å². The number of carbonyl (C=O) groups excluding carboxylic acids is 1. The second-order valence-corrected chi connectivity index (χ2v) is 11.1. The smallest absolute Gasteiger partial charge is 0.264 e. The second kappa shape index (κ2) is 8.49. The van der Waals surface area contributed by atoms with E-state index in [1.54, 1.807) is 23.0 Å². The highest BCUT2D eigenvalue weighted by Crippen LogP contribution is 2.22. The molecule has 3 aromatic rings. The minimum atomic E-state index is -4.17. The first-order chi connectivity index (χ1) is 15.2. The van der Waals surface area contributed by atoms with E-state index in [2.05, 4.69) is 5.10 Å². The Morgan fingerprint density at radius 2 is 1.47 bits per heavy atom. The maximum absolute atomic E-state index is 12.6. The predicted octanol–water partition coefficient (Wildman–Crippen LogP) is 2.08. The second-order valence-electron chi connectivity index (χ2n) is 7.47. The van der Waals surface area contributed by atoms with Gasteiger partial charge in [0, 0.05) is 24.8 Å². The molecule has 1 N–H and O–H groups in total. The van der Waals surface area contributed by atoms with Crippen molar-refractivity contribution in [2.24, 2.45) is 0 Å². The van der Waals surface area contributed by atoms with E-state index >= 15 is 0 Å². The number of hydrogen-bond acceptors (Lipinski definition) is 6. The number of nitrogens with zero attached hydrogens (tertiary/aromatic N) is 3. The number of aryl methyl sites for hydroxylation is 1. The number of carbonyl (C=O) groups is 1. The Balaban J connectivity index is 1.48. The molecule has 11 heteroatoms. The van der Waals surface area contributed by atoms with E-state index in [0.29, 0.717) is 13.1 Å².